The van der Waals surface area contributed by atoms with Crippen molar-refractivity contribution >= 4 is 5.91 Å². The minimum Gasteiger partial charge on any atom is -0.339 e. The van der Waals surface area contributed by atoms with Crippen molar-refractivity contribution in [2.45, 2.75) is 12.8 Å². The summed E-state index contributed by atoms with van der Waals surface area (Å²) in [4.78, 5) is 14.8. The summed E-state index contributed by atoms with van der Waals surface area (Å²) in [6.07, 6.45) is 5.89. The Labute approximate surface area is 136 Å². The number of likely N-dealkylation sites (tertiary alicyclic amines) is 1. The molecule has 2 fully saturated rings. The van der Waals surface area contributed by atoms with E-state index in [0.717, 1.165) is 62.1 Å². The SMILES string of the molecule is O=C(c1ccc(-n2cccn2)cc1)N1CC[C@@H]2CNC[C@@H]2CC1. The number of hydrogen-bond donors (Lipinski definition) is 1. The first kappa shape index (κ1) is 14.5. The van der Waals surface area contributed by atoms with Crippen LogP contribution in [-0.2, 0) is 0 Å². The fourth-order valence-electron chi connectivity index (χ4n) is 3.78. The minimum absolute atomic E-state index is 0.157. The van der Waals surface area contributed by atoms with E-state index in [1.165, 1.54) is 0 Å². The summed E-state index contributed by atoms with van der Waals surface area (Å²) in [6.45, 7) is 3.99. The average Bonchev–Trinajstić information content (AvgIpc) is 3.24. The van der Waals surface area contributed by atoms with Crippen molar-refractivity contribution in [3.8, 4) is 5.69 Å². The van der Waals surface area contributed by atoms with E-state index in [0.29, 0.717) is 0 Å². The van der Waals surface area contributed by atoms with Gasteiger partial charge in [0, 0.05) is 31.0 Å². The monoisotopic (exact) mass is 310 g/mol. The molecule has 4 rings (SSSR count). The van der Waals surface area contributed by atoms with E-state index in [1.54, 1.807) is 10.9 Å². The lowest BCUT2D eigenvalue weighted by atomic mass is 9.92. The van der Waals surface area contributed by atoms with Gasteiger partial charge in [-0.25, -0.2) is 4.68 Å². The first-order valence-corrected chi connectivity index (χ1v) is 8.41. The Morgan fingerprint density at radius 2 is 1.78 bits per heavy atom. The molecular formula is C18H22N4O. The highest BCUT2D eigenvalue weighted by atomic mass is 16.2. The molecule has 0 spiro atoms. The number of carbonyl (C=O) groups is 1. The fourth-order valence-corrected chi connectivity index (χ4v) is 3.78. The third-order valence-electron chi connectivity index (χ3n) is 5.19. The second kappa shape index (κ2) is 6.16. The molecule has 0 bridgehead atoms. The largest absolute Gasteiger partial charge is 0.339 e. The fraction of sp³-hybridized carbons (Fsp3) is 0.444. The molecule has 5 nitrogen and oxygen atoms in total. The highest BCUT2D eigenvalue weighted by Crippen LogP contribution is 2.27. The van der Waals surface area contributed by atoms with Gasteiger partial charge in [-0.05, 0) is 68.1 Å². The summed E-state index contributed by atoms with van der Waals surface area (Å²) in [5, 5.41) is 7.69. The third-order valence-corrected chi connectivity index (χ3v) is 5.19. The van der Waals surface area contributed by atoms with Crippen molar-refractivity contribution in [1.82, 2.24) is 20.0 Å². The quantitative estimate of drug-likeness (QED) is 0.922. The Morgan fingerprint density at radius 3 is 2.39 bits per heavy atom. The van der Waals surface area contributed by atoms with Gasteiger partial charge in [0.15, 0.2) is 0 Å². The molecule has 120 valence electrons. The lowest BCUT2D eigenvalue weighted by molar-refractivity contribution is 0.0758. The maximum atomic E-state index is 12.8. The van der Waals surface area contributed by atoms with Crippen LogP contribution in [0.4, 0.5) is 0 Å². The van der Waals surface area contributed by atoms with Crippen LogP contribution in [0.5, 0.6) is 0 Å². The molecule has 0 radical (unpaired) electrons. The standard InChI is InChI=1S/C18H22N4O/c23-18(21-10-6-15-12-19-13-16(15)7-11-21)14-2-4-17(5-3-14)22-9-1-8-20-22/h1-5,8-9,15-16,19H,6-7,10-13H2/t15-,16+. The number of nitrogens with zero attached hydrogens (tertiary/aromatic N) is 3. The summed E-state index contributed by atoms with van der Waals surface area (Å²) >= 11 is 0. The van der Waals surface area contributed by atoms with E-state index >= 15 is 0 Å². The third kappa shape index (κ3) is 2.88. The number of fused-ring (bicyclic) bond motifs is 1. The Bertz CT molecular complexity index is 651. The number of aromatic nitrogens is 2. The Balaban J connectivity index is 1.46. The molecule has 1 amide bonds. The van der Waals surface area contributed by atoms with Gasteiger partial charge in [-0.3, -0.25) is 4.79 Å². The minimum atomic E-state index is 0.157. The zero-order chi connectivity index (χ0) is 15.6. The van der Waals surface area contributed by atoms with Crippen molar-refractivity contribution in [3.05, 3.63) is 48.3 Å². The van der Waals surface area contributed by atoms with E-state index in [2.05, 4.69) is 10.4 Å². The molecule has 2 aliphatic rings. The van der Waals surface area contributed by atoms with Crippen LogP contribution >= 0.6 is 0 Å². The van der Waals surface area contributed by atoms with Crippen LogP contribution in [0.3, 0.4) is 0 Å². The average molecular weight is 310 g/mol. The summed E-state index contributed by atoms with van der Waals surface area (Å²) in [5.74, 6) is 1.65. The van der Waals surface area contributed by atoms with Crippen LogP contribution in [-0.4, -0.2) is 46.8 Å². The van der Waals surface area contributed by atoms with Crippen molar-refractivity contribution in [1.29, 1.82) is 0 Å². The topological polar surface area (TPSA) is 50.2 Å². The van der Waals surface area contributed by atoms with E-state index in [9.17, 15) is 4.79 Å². The lowest BCUT2D eigenvalue weighted by Crippen LogP contribution is -2.32. The lowest BCUT2D eigenvalue weighted by Gasteiger charge is -2.21. The molecule has 1 N–H and O–H groups in total. The number of rotatable bonds is 2. The van der Waals surface area contributed by atoms with Crippen molar-refractivity contribution in [2.75, 3.05) is 26.2 Å². The van der Waals surface area contributed by atoms with E-state index < -0.39 is 0 Å². The molecule has 0 aliphatic carbocycles. The number of amides is 1. The van der Waals surface area contributed by atoms with Crippen molar-refractivity contribution in [3.63, 3.8) is 0 Å². The van der Waals surface area contributed by atoms with Gasteiger partial charge in [0.25, 0.3) is 5.91 Å². The summed E-state index contributed by atoms with van der Waals surface area (Å²) in [7, 11) is 0. The van der Waals surface area contributed by atoms with Crippen LogP contribution in [0.25, 0.3) is 5.69 Å². The van der Waals surface area contributed by atoms with Gasteiger partial charge in [0.05, 0.1) is 5.69 Å². The van der Waals surface area contributed by atoms with E-state index in [4.69, 9.17) is 0 Å². The smallest absolute Gasteiger partial charge is 0.253 e. The molecule has 0 saturated carbocycles. The van der Waals surface area contributed by atoms with Crippen LogP contribution in [0.1, 0.15) is 23.2 Å². The Kier molecular flexibility index (Phi) is 3.87. The van der Waals surface area contributed by atoms with E-state index in [-0.39, 0.29) is 5.91 Å². The molecule has 3 heterocycles. The molecule has 0 unspecified atom stereocenters. The number of hydrogen-bond acceptors (Lipinski definition) is 3. The second-order valence-corrected chi connectivity index (χ2v) is 6.55. The van der Waals surface area contributed by atoms with Crippen molar-refractivity contribution in [2.24, 2.45) is 11.8 Å². The maximum absolute atomic E-state index is 12.8. The van der Waals surface area contributed by atoms with Gasteiger partial charge in [-0.2, -0.15) is 5.10 Å². The van der Waals surface area contributed by atoms with Gasteiger partial charge in [-0.1, -0.05) is 0 Å². The van der Waals surface area contributed by atoms with Crippen LogP contribution in [0.15, 0.2) is 42.7 Å². The van der Waals surface area contributed by atoms with Crippen LogP contribution < -0.4 is 5.32 Å². The van der Waals surface area contributed by atoms with Gasteiger partial charge < -0.3 is 10.2 Å². The molecule has 2 saturated heterocycles. The van der Waals surface area contributed by atoms with Crippen LogP contribution in [0.2, 0.25) is 0 Å². The number of benzene rings is 1. The van der Waals surface area contributed by atoms with Crippen LogP contribution in [0, 0.1) is 11.8 Å². The zero-order valence-corrected chi connectivity index (χ0v) is 13.2. The second-order valence-electron chi connectivity index (χ2n) is 6.55. The first-order chi connectivity index (χ1) is 11.3. The molecule has 5 heteroatoms. The van der Waals surface area contributed by atoms with Gasteiger partial charge in [0.2, 0.25) is 0 Å². The highest BCUT2D eigenvalue weighted by molar-refractivity contribution is 5.94. The molecule has 1 aromatic heterocycles. The number of nitrogens with one attached hydrogen (secondary N) is 1. The molecule has 2 aromatic rings. The number of carbonyl (C=O) groups excluding carboxylic acids is 1. The predicted molar refractivity (Wildman–Crippen MR) is 88.6 cm³/mol. The zero-order valence-electron chi connectivity index (χ0n) is 13.2. The summed E-state index contributed by atoms with van der Waals surface area (Å²) in [6, 6.07) is 9.62. The molecule has 1 aromatic carbocycles. The molecule has 23 heavy (non-hydrogen) atoms. The normalized spacial score (nSPS) is 24.3. The van der Waals surface area contributed by atoms with Gasteiger partial charge in [0.1, 0.15) is 0 Å². The Morgan fingerprint density at radius 1 is 1.09 bits per heavy atom. The molecular weight excluding hydrogens is 288 g/mol. The van der Waals surface area contributed by atoms with Gasteiger partial charge >= 0.3 is 0 Å². The Hall–Kier alpha value is -2.14. The highest BCUT2D eigenvalue weighted by Gasteiger charge is 2.31. The molecule has 2 atom stereocenters. The molecule has 2 aliphatic heterocycles. The first-order valence-electron chi connectivity index (χ1n) is 8.41. The van der Waals surface area contributed by atoms with E-state index in [1.807, 2.05) is 41.4 Å². The predicted octanol–water partition coefficient (Wildman–Crippen LogP) is 1.94. The maximum Gasteiger partial charge on any atom is 0.253 e. The summed E-state index contributed by atoms with van der Waals surface area (Å²) < 4.78 is 1.80. The summed E-state index contributed by atoms with van der Waals surface area (Å²) in [5.41, 5.74) is 1.74. The van der Waals surface area contributed by atoms with Crippen molar-refractivity contribution < 1.29 is 4.79 Å². The van der Waals surface area contributed by atoms with Gasteiger partial charge in [-0.15, -0.1) is 0 Å².